The van der Waals surface area contributed by atoms with E-state index in [9.17, 15) is 14.4 Å². The largest absolute Gasteiger partial charge is 0.481 e. The summed E-state index contributed by atoms with van der Waals surface area (Å²) in [5.41, 5.74) is 2.94. The summed E-state index contributed by atoms with van der Waals surface area (Å²) in [5.74, 6) is -1.50. The maximum absolute atomic E-state index is 12.7. The number of anilines is 2. The molecule has 3 N–H and O–H groups in total. The molecule has 0 heterocycles. The van der Waals surface area contributed by atoms with Crippen molar-refractivity contribution in [1.82, 2.24) is 0 Å². The lowest BCUT2D eigenvalue weighted by Crippen LogP contribution is -2.15. The topological polar surface area (TPSA) is 105 Å². The summed E-state index contributed by atoms with van der Waals surface area (Å²) in [6, 6.07) is 20.9. The van der Waals surface area contributed by atoms with Crippen LogP contribution < -0.4 is 10.6 Å². The molecule has 33 heavy (non-hydrogen) atoms. The minimum Gasteiger partial charge on any atom is -0.481 e. The SMILES string of the molecule is O=C(Nc1cc(Cl)cc(C(=O)Nc2ccc([C@@H]3C[C@H]3C(=O)O)cc2)c1)OCc1ccccc1. The molecule has 0 aromatic heterocycles. The zero-order chi connectivity index (χ0) is 23.4. The average molecular weight is 465 g/mol. The number of halogens is 1. The van der Waals surface area contributed by atoms with Crippen LogP contribution in [0.3, 0.4) is 0 Å². The number of hydrogen-bond donors (Lipinski definition) is 3. The van der Waals surface area contributed by atoms with Gasteiger partial charge in [-0.2, -0.15) is 0 Å². The molecule has 168 valence electrons. The van der Waals surface area contributed by atoms with Crippen molar-refractivity contribution in [2.24, 2.45) is 5.92 Å². The highest BCUT2D eigenvalue weighted by atomic mass is 35.5. The van der Waals surface area contributed by atoms with Crippen LogP contribution in [0.1, 0.15) is 33.8 Å². The number of rotatable bonds is 7. The summed E-state index contributed by atoms with van der Waals surface area (Å²) in [4.78, 5) is 35.8. The van der Waals surface area contributed by atoms with E-state index >= 15 is 0 Å². The lowest BCUT2D eigenvalue weighted by molar-refractivity contribution is -0.138. The molecule has 0 bridgehead atoms. The number of nitrogens with one attached hydrogen (secondary N) is 2. The normalized spacial score (nSPS) is 16.5. The second-order valence-corrected chi connectivity index (χ2v) is 8.21. The number of amides is 2. The van der Waals surface area contributed by atoms with Crippen LogP contribution >= 0.6 is 11.6 Å². The molecule has 2 amide bonds. The lowest BCUT2D eigenvalue weighted by atomic mass is 10.1. The minimum absolute atomic E-state index is 0.0236. The fourth-order valence-corrected chi connectivity index (χ4v) is 3.76. The Balaban J connectivity index is 1.36. The van der Waals surface area contributed by atoms with Gasteiger partial charge in [0.15, 0.2) is 0 Å². The van der Waals surface area contributed by atoms with Crippen LogP contribution in [0.4, 0.5) is 16.2 Å². The van der Waals surface area contributed by atoms with Gasteiger partial charge in [-0.3, -0.25) is 14.9 Å². The van der Waals surface area contributed by atoms with Crippen LogP contribution in [-0.2, 0) is 16.1 Å². The van der Waals surface area contributed by atoms with Crippen molar-refractivity contribution in [1.29, 1.82) is 0 Å². The first-order valence-corrected chi connectivity index (χ1v) is 10.7. The standard InChI is InChI=1S/C25H21ClN2O5/c26-18-10-17(11-20(12-18)28-25(32)33-14-15-4-2-1-3-5-15)23(29)27-19-8-6-16(7-9-19)21-13-22(21)24(30)31/h1-12,21-22H,13-14H2,(H,27,29)(H,28,32)(H,30,31)/t21-,22+/m0/s1. The molecule has 7 nitrogen and oxygen atoms in total. The highest BCUT2D eigenvalue weighted by molar-refractivity contribution is 6.31. The van der Waals surface area contributed by atoms with Gasteiger partial charge in [0.05, 0.1) is 5.92 Å². The summed E-state index contributed by atoms with van der Waals surface area (Å²) >= 11 is 6.14. The van der Waals surface area contributed by atoms with Gasteiger partial charge in [-0.05, 0) is 53.8 Å². The number of hydrogen-bond acceptors (Lipinski definition) is 4. The van der Waals surface area contributed by atoms with Crippen LogP contribution in [0.25, 0.3) is 0 Å². The number of carboxylic acids is 1. The molecule has 4 rings (SSSR count). The predicted octanol–water partition coefficient (Wildman–Crippen LogP) is 5.53. The Morgan fingerprint density at radius 1 is 0.939 bits per heavy atom. The van der Waals surface area contributed by atoms with E-state index in [1.165, 1.54) is 18.2 Å². The van der Waals surface area contributed by atoms with Gasteiger partial charge in [-0.25, -0.2) is 4.79 Å². The summed E-state index contributed by atoms with van der Waals surface area (Å²) in [7, 11) is 0. The molecule has 0 saturated heterocycles. The Morgan fingerprint density at radius 3 is 2.33 bits per heavy atom. The van der Waals surface area contributed by atoms with Crippen molar-refractivity contribution in [2.45, 2.75) is 18.9 Å². The highest BCUT2D eigenvalue weighted by Crippen LogP contribution is 2.47. The molecule has 3 aromatic rings. The molecular weight excluding hydrogens is 444 g/mol. The Hall–Kier alpha value is -3.84. The molecule has 2 atom stereocenters. The maximum atomic E-state index is 12.7. The minimum atomic E-state index is -0.785. The Labute approximate surface area is 195 Å². The van der Waals surface area contributed by atoms with E-state index < -0.39 is 18.0 Å². The third kappa shape index (κ3) is 5.90. The van der Waals surface area contributed by atoms with Gasteiger partial charge in [0.1, 0.15) is 6.61 Å². The average Bonchev–Trinajstić information content (AvgIpc) is 3.60. The Kier molecular flexibility index (Phi) is 6.60. The summed E-state index contributed by atoms with van der Waals surface area (Å²) in [5, 5.41) is 14.7. The number of carbonyl (C=O) groups excluding carboxylic acids is 2. The van der Waals surface area contributed by atoms with Gasteiger partial charge < -0.3 is 15.2 Å². The van der Waals surface area contributed by atoms with E-state index in [1.807, 2.05) is 42.5 Å². The van der Waals surface area contributed by atoms with E-state index in [0.29, 0.717) is 17.8 Å². The molecule has 1 aliphatic carbocycles. The second-order valence-electron chi connectivity index (χ2n) is 7.78. The molecule has 0 unspecified atom stereocenters. The number of ether oxygens (including phenoxy) is 1. The summed E-state index contributed by atoms with van der Waals surface area (Å²) < 4.78 is 5.20. The van der Waals surface area contributed by atoms with Crippen molar-refractivity contribution in [3.63, 3.8) is 0 Å². The van der Waals surface area contributed by atoms with Crippen molar-refractivity contribution >= 4 is 40.9 Å². The molecule has 1 aliphatic rings. The number of carbonyl (C=O) groups is 3. The van der Waals surface area contributed by atoms with Gasteiger partial charge in [0, 0.05) is 22.0 Å². The predicted molar refractivity (Wildman–Crippen MR) is 125 cm³/mol. The number of carboxylic acid groups (broad SMARTS) is 1. The first-order valence-electron chi connectivity index (χ1n) is 10.3. The van der Waals surface area contributed by atoms with E-state index in [2.05, 4.69) is 10.6 Å². The Bertz CT molecular complexity index is 1180. The molecule has 0 aliphatic heterocycles. The summed E-state index contributed by atoms with van der Waals surface area (Å²) in [6.07, 6.45) is -0.0320. The van der Waals surface area contributed by atoms with Crippen molar-refractivity contribution < 1.29 is 24.2 Å². The van der Waals surface area contributed by atoms with E-state index in [-0.39, 0.29) is 29.0 Å². The molecule has 3 aromatic carbocycles. The lowest BCUT2D eigenvalue weighted by Gasteiger charge is -2.10. The third-order valence-electron chi connectivity index (χ3n) is 5.32. The van der Waals surface area contributed by atoms with Crippen molar-refractivity contribution in [3.8, 4) is 0 Å². The van der Waals surface area contributed by atoms with Gasteiger partial charge in [0.2, 0.25) is 0 Å². The van der Waals surface area contributed by atoms with Crippen molar-refractivity contribution in [2.75, 3.05) is 10.6 Å². The molecule has 0 radical (unpaired) electrons. The van der Waals surface area contributed by atoms with Crippen LogP contribution in [0, 0.1) is 5.92 Å². The molecule has 1 fully saturated rings. The quantitative estimate of drug-likeness (QED) is 0.426. The van der Waals surface area contributed by atoms with E-state index in [0.717, 1.165) is 11.1 Å². The van der Waals surface area contributed by atoms with Gasteiger partial charge in [-0.15, -0.1) is 0 Å². The van der Waals surface area contributed by atoms with Crippen LogP contribution in [0.15, 0.2) is 72.8 Å². The summed E-state index contributed by atoms with van der Waals surface area (Å²) in [6.45, 7) is 0.116. The second kappa shape index (κ2) is 9.75. The third-order valence-corrected chi connectivity index (χ3v) is 5.54. The fourth-order valence-electron chi connectivity index (χ4n) is 3.52. The smallest absolute Gasteiger partial charge is 0.411 e. The Morgan fingerprint density at radius 2 is 1.67 bits per heavy atom. The van der Waals surface area contributed by atoms with Crippen molar-refractivity contribution in [3.05, 3.63) is 94.5 Å². The molecule has 0 spiro atoms. The molecule has 8 heteroatoms. The highest BCUT2D eigenvalue weighted by Gasteiger charge is 2.44. The first kappa shape index (κ1) is 22.4. The van der Waals surface area contributed by atoms with Gasteiger partial charge in [-0.1, -0.05) is 54.1 Å². The van der Waals surface area contributed by atoms with E-state index in [4.69, 9.17) is 21.4 Å². The first-order chi connectivity index (χ1) is 15.9. The maximum Gasteiger partial charge on any atom is 0.411 e. The molecule has 1 saturated carbocycles. The zero-order valence-corrected chi connectivity index (χ0v) is 18.2. The van der Waals surface area contributed by atoms with Crippen LogP contribution in [0.5, 0.6) is 0 Å². The van der Waals surface area contributed by atoms with E-state index in [1.54, 1.807) is 12.1 Å². The zero-order valence-electron chi connectivity index (χ0n) is 17.5. The van der Waals surface area contributed by atoms with Gasteiger partial charge in [0.25, 0.3) is 5.91 Å². The van der Waals surface area contributed by atoms with Gasteiger partial charge >= 0.3 is 12.1 Å². The molecular formula is C25H21ClN2O5. The van der Waals surface area contributed by atoms with Crippen LogP contribution in [-0.4, -0.2) is 23.1 Å². The number of benzene rings is 3. The van der Waals surface area contributed by atoms with Crippen LogP contribution in [0.2, 0.25) is 5.02 Å². The number of aliphatic carboxylic acids is 1. The monoisotopic (exact) mass is 464 g/mol. The fraction of sp³-hybridized carbons (Fsp3) is 0.160.